The highest BCUT2D eigenvalue weighted by Crippen LogP contribution is 2.33. The number of nitrogens with one attached hydrogen (secondary N) is 1. The average Bonchev–Trinajstić information content (AvgIpc) is 3.13. The Labute approximate surface area is 99.5 Å². The van der Waals surface area contributed by atoms with Gasteiger partial charge in [0, 0.05) is 38.8 Å². The Balaban J connectivity index is 1.54. The quantitative estimate of drug-likeness (QED) is 0.666. The summed E-state index contributed by atoms with van der Waals surface area (Å²) in [5.41, 5.74) is 0. The van der Waals surface area contributed by atoms with E-state index in [0.717, 1.165) is 38.3 Å². The zero-order valence-corrected chi connectivity index (χ0v) is 10.6. The average molecular weight is 226 g/mol. The number of hydrogen-bond donors (Lipinski definition) is 1. The minimum atomic E-state index is 0.768. The Morgan fingerprint density at radius 1 is 1.31 bits per heavy atom. The van der Waals surface area contributed by atoms with Gasteiger partial charge in [-0.1, -0.05) is 13.3 Å². The van der Waals surface area contributed by atoms with Crippen LogP contribution in [0.2, 0.25) is 0 Å². The van der Waals surface area contributed by atoms with Crippen LogP contribution in [0.5, 0.6) is 0 Å². The second kappa shape index (κ2) is 6.58. The van der Waals surface area contributed by atoms with Gasteiger partial charge in [-0.25, -0.2) is 0 Å². The number of piperazine rings is 1. The van der Waals surface area contributed by atoms with Crippen molar-refractivity contribution in [3.8, 4) is 0 Å². The fourth-order valence-corrected chi connectivity index (χ4v) is 2.40. The normalized spacial score (nSPS) is 27.2. The van der Waals surface area contributed by atoms with Gasteiger partial charge < -0.3 is 10.1 Å². The third-order valence-electron chi connectivity index (χ3n) is 3.67. The molecule has 1 aliphatic heterocycles. The van der Waals surface area contributed by atoms with Crippen LogP contribution in [0.4, 0.5) is 0 Å². The summed E-state index contributed by atoms with van der Waals surface area (Å²) in [6.07, 6.45) is 5.32. The van der Waals surface area contributed by atoms with E-state index in [-0.39, 0.29) is 0 Å². The highest BCUT2D eigenvalue weighted by atomic mass is 16.5. The molecule has 1 saturated carbocycles. The lowest BCUT2D eigenvalue weighted by molar-refractivity contribution is 0.0879. The van der Waals surface area contributed by atoms with Gasteiger partial charge in [-0.3, -0.25) is 4.90 Å². The molecule has 2 rings (SSSR count). The molecule has 1 unspecified atom stereocenters. The zero-order chi connectivity index (χ0) is 11.2. The van der Waals surface area contributed by atoms with Crippen LogP contribution in [0.15, 0.2) is 0 Å². The van der Waals surface area contributed by atoms with E-state index in [4.69, 9.17) is 4.74 Å². The number of rotatable bonds is 7. The largest absolute Gasteiger partial charge is 0.380 e. The predicted molar refractivity (Wildman–Crippen MR) is 66.7 cm³/mol. The SMILES string of the molecule is CCCCOCCN1CCNC(C2CC2)C1. The van der Waals surface area contributed by atoms with Crippen molar-refractivity contribution in [1.82, 2.24) is 10.2 Å². The van der Waals surface area contributed by atoms with Crippen molar-refractivity contribution in [2.24, 2.45) is 5.92 Å². The number of nitrogens with zero attached hydrogens (tertiary/aromatic N) is 1. The Hall–Kier alpha value is -0.120. The third-order valence-corrected chi connectivity index (χ3v) is 3.67. The van der Waals surface area contributed by atoms with Gasteiger partial charge >= 0.3 is 0 Å². The molecule has 0 spiro atoms. The Kier molecular flexibility index (Phi) is 5.07. The Morgan fingerprint density at radius 2 is 2.19 bits per heavy atom. The van der Waals surface area contributed by atoms with Crippen molar-refractivity contribution >= 4 is 0 Å². The Morgan fingerprint density at radius 3 is 2.94 bits per heavy atom. The van der Waals surface area contributed by atoms with Crippen LogP contribution in [0.1, 0.15) is 32.6 Å². The highest BCUT2D eigenvalue weighted by Gasteiger charge is 2.33. The second-order valence-corrected chi connectivity index (χ2v) is 5.16. The van der Waals surface area contributed by atoms with Gasteiger partial charge in [-0.15, -0.1) is 0 Å². The molecule has 0 bridgehead atoms. The molecular formula is C13H26N2O. The molecule has 0 aromatic carbocycles. The third kappa shape index (κ3) is 4.04. The van der Waals surface area contributed by atoms with Gasteiger partial charge in [0.1, 0.15) is 0 Å². The summed E-state index contributed by atoms with van der Waals surface area (Å²) < 4.78 is 5.63. The van der Waals surface area contributed by atoms with Crippen LogP contribution in [-0.4, -0.2) is 50.3 Å². The van der Waals surface area contributed by atoms with Crippen molar-refractivity contribution in [3.63, 3.8) is 0 Å². The van der Waals surface area contributed by atoms with E-state index >= 15 is 0 Å². The van der Waals surface area contributed by atoms with Crippen molar-refractivity contribution in [2.75, 3.05) is 39.4 Å². The molecule has 1 heterocycles. The molecule has 1 atom stereocenters. The van der Waals surface area contributed by atoms with Crippen molar-refractivity contribution in [3.05, 3.63) is 0 Å². The molecule has 1 saturated heterocycles. The van der Waals surface area contributed by atoms with Crippen LogP contribution >= 0.6 is 0 Å². The zero-order valence-electron chi connectivity index (χ0n) is 10.6. The van der Waals surface area contributed by atoms with Gasteiger partial charge in [0.15, 0.2) is 0 Å². The first-order valence-corrected chi connectivity index (χ1v) is 6.93. The molecule has 3 nitrogen and oxygen atoms in total. The van der Waals surface area contributed by atoms with Crippen molar-refractivity contribution in [1.29, 1.82) is 0 Å². The molecule has 3 heteroatoms. The van der Waals surface area contributed by atoms with Crippen molar-refractivity contribution < 1.29 is 4.74 Å². The molecule has 1 aliphatic carbocycles. The first-order valence-electron chi connectivity index (χ1n) is 6.93. The molecular weight excluding hydrogens is 200 g/mol. The highest BCUT2D eigenvalue weighted by molar-refractivity contribution is 4.91. The molecule has 0 aromatic heterocycles. The topological polar surface area (TPSA) is 24.5 Å². The standard InChI is InChI=1S/C13H26N2O/c1-2-3-9-16-10-8-15-7-6-14-13(11-15)12-4-5-12/h12-14H,2-11H2,1H3. The van der Waals surface area contributed by atoms with Gasteiger partial charge in [0.25, 0.3) is 0 Å². The number of unbranched alkanes of at least 4 members (excludes halogenated alkanes) is 1. The van der Waals surface area contributed by atoms with Gasteiger partial charge in [-0.05, 0) is 25.2 Å². The van der Waals surface area contributed by atoms with E-state index in [2.05, 4.69) is 17.1 Å². The van der Waals surface area contributed by atoms with E-state index in [1.807, 2.05) is 0 Å². The van der Waals surface area contributed by atoms with E-state index < -0.39 is 0 Å². The first kappa shape index (κ1) is 12.3. The first-order chi connectivity index (χ1) is 7.90. The fourth-order valence-electron chi connectivity index (χ4n) is 2.40. The summed E-state index contributed by atoms with van der Waals surface area (Å²) in [4.78, 5) is 2.56. The molecule has 1 N–H and O–H groups in total. The summed E-state index contributed by atoms with van der Waals surface area (Å²) >= 11 is 0. The molecule has 2 aliphatic rings. The lowest BCUT2D eigenvalue weighted by Gasteiger charge is -2.33. The minimum Gasteiger partial charge on any atom is -0.380 e. The van der Waals surface area contributed by atoms with E-state index in [1.54, 1.807) is 0 Å². The molecule has 0 radical (unpaired) electrons. The maximum Gasteiger partial charge on any atom is 0.0593 e. The van der Waals surface area contributed by atoms with Crippen LogP contribution in [0.3, 0.4) is 0 Å². The maximum atomic E-state index is 5.63. The van der Waals surface area contributed by atoms with Gasteiger partial charge in [-0.2, -0.15) is 0 Å². The summed E-state index contributed by atoms with van der Waals surface area (Å²) in [6.45, 7) is 8.78. The smallest absolute Gasteiger partial charge is 0.0593 e. The summed E-state index contributed by atoms with van der Waals surface area (Å²) in [5.74, 6) is 0.976. The van der Waals surface area contributed by atoms with Crippen LogP contribution in [-0.2, 0) is 4.74 Å². The molecule has 0 aromatic rings. The van der Waals surface area contributed by atoms with E-state index in [0.29, 0.717) is 0 Å². The maximum absolute atomic E-state index is 5.63. The second-order valence-electron chi connectivity index (χ2n) is 5.16. The summed E-state index contributed by atoms with van der Waals surface area (Å²) in [6, 6.07) is 0.768. The lowest BCUT2D eigenvalue weighted by atomic mass is 10.1. The van der Waals surface area contributed by atoms with Crippen LogP contribution in [0.25, 0.3) is 0 Å². The lowest BCUT2D eigenvalue weighted by Crippen LogP contribution is -2.52. The fraction of sp³-hybridized carbons (Fsp3) is 1.00. The molecule has 0 amide bonds. The Bertz CT molecular complexity index is 194. The van der Waals surface area contributed by atoms with Crippen molar-refractivity contribution in [2.45, 2.75) is 38.6 Å². The number of ether oxygens (including phenoxy) is 1. The van der Waals surface area contributed by atoms with Gasteiger partial charge in [0.05, 0.1) is 6.61 Å². The summed E-state index contributed by atoms with van der Waals surface area (Å²) in [5, 5.41) is 3.64. The van der Waals surface area contributed by atoms with E-state index in [9.17, 15) is 0 Å². The predicted octanol–water partition coefficient (Wildman–Crippen LogP) is 1.49. The monoisotopic (exact) mass is 226 g/mol. The van der Waals surface area contributed by atoms with Gasteiger partial charge in [0.2, 0.25) is 0 Å². The minimum absolute atomic E-state index is 0.768. The molecule has 94 valence electrons. The van der Waals surface area contributed by atoms with Crippen LogP contribution < -0.4 is 5.32 Å². The number of hydrogen-bond acceptors (Lipinski definition) is 3. The van der Waals surface area contributed by atoms with E-state index in [1.165, 1.54) is 38.8 Å². The van der Waals surface area contributed by atoms with Crippen LogP contribution in [0, 0.1) is 5.92 Å². The molecule has 2 fully saturated rings. The summed E-state index contributed by atoms with van der Waals surface area (Å²) in [7, 11) is 0. The molecule has 16 heavy (non-hydrogen) atoms.